The zero-order valence-corrected chi connectivity index (χ0v) is 17.8. The molecule has 0 spiro atoms. The molecule has 6 nitrogen and oxygen atoms in total. The minimum Gasteiger partial charge on any atom is -0.491 e. The Morgan fingerprint density at radius 2 is 1.76 bits per heavy atom. The summed E-state index contributed by atoms with van der Waals surface area (Å²) in [5.41, 5.74) is 3.37. The molecular formula is C22H26N4O2S. The predicted molar refractivity (Wildman–Crippen MR) is 115 cm³/mol. The first-order chi connectivity index (χ1) is 14.0. The molecule has 1 amide bonds. The van der Waals surface area contributed by atoms with Crippen molar-refractivity contribution >= 4 is 17.7 Å². The van der Waals surface area contributed by atoms with E-state index in [-0.39, 0.29) is 11.7 Å². The van der Waals surface area contributed by atoms with Crippen LogP contribution in [0.2, 0.25) is 0 Å². The first kappa shape index (κ1) is 20.9. The number of nitrogens with zero attached hydrogens (tertiary/aromatic N) is 3. The standard InChI is InChI=1S/C22H26N4O2S/c1-16-8-7-9-17(2)21(16)28-13-12-23-20(27)15-29-22-25-24-18(3)26(22)14-19-10-5-4-6-11-19/h4-11H,12-15H2,1-3H3,(H,23,27). The molecule has 29 heavy (non-hydrogen) atoms. The zero-order valence-electron chi connectivity index (χ0n) is 17.0. The smallest absolute Gasteiger partial charge is 0.230 e. The normalized spacial score (nSPS) is 10.7. The van der Waals surface area contributed by atoms with Crippen molar-refractivity contribution in [2.75, 3.05) is 18.9 Å². The van der Waals surface area contributed by atoms with Crippen molar-refractivity contribution in [1.82, 2.24) is 20.1 Å². The summed E-state index contributed by atoms with van der Waals surface area (Å²) in [6.45, 7) is 7.54. The fourth-order valence-corrected chi connectivity index (χ4v) is 3.78. The number of carbonyl (C=O) groups is 1. The van der Waals surface area contributed by atoms with Gasteiger partial charge in [0.2, 0.25) is 5.91 Å². The number of ether oxygens (including phenoxy) is 1. The van der Waals surface area contributed by atoms with Gasteiger partial charge in [0, 0.05) is 0 Å². The van der Waals surface area contributed by atoms with Gasteiger partial charge >= 0.3 is 0 Å². The molecule has 152 valence electrons. The maximum absolute atomic E-state index is 12.2. The average Bonchev–Trinajstić information content (AvgIpc) is 3.06. The highest BCUT2D eigenvalue weighted by Gasteiger charge is 2.12. The molecule has 0 atom stereocenters. The molecule has 3 rings (SSSR count). The number of aromatic nitrogens is 3. The second kappa shape index (κ2) is 10.1. The fraction of sp³-hybridized carbons (Fsp3) is 0.318. The number of carbonyl (C=O) groups excluding carboxylic acids is 1. The van der Waals surface area contributed by atoms with E-state index < -0.39 is 0 Å². The van der Waals surface area contributed by atoms with Gasteiger partial charge in [0.05, 0.1) is 18.8 Å². The minimum atomic E-state index is -0.0491. The van der Waals surface area contributed by atoms with Crippen LogP contribution in [0.3, 0.4) is 0 Å². The van der Waals surface area contributed by atoms with E-state index in [1.165, 1.54) is 17.3 Å². The molecule has 0 bridgehead atoms. The summed E-state index contributed by atoms with van der Waals surface area (Å²) in [5, 5.41) is 12.0. The van der Waals surface area contributed by atoms with Crippen LogP contribution in [0.4, 0.5) is 0 Å². The Labute approximate surface area is 175 Å². The van der Waals surface area contributed by atoms with Gasteiger partial charge in [0.1, 0.15) is 18.2 Å². The Hall–Kier alpha value is -2.80. The lowest BCUT2D eigenvalue weighted by Gasteiger charge is -2.12. The number of para-hydroxylation sites is 1. The van der Waals surface area contributed by atoms with Gasteiger partial charge in [-0.1, -0.05) is 60.3 Å². The van der Waals surface area contributed by atoms with Crippen LogP contribution in [0.15, 0.2) is 53.7 Å². The van der Waals surface area contributed by atoms with Crippen LogP contribution in [-0.2, 0) is 11.3 Å². The monoisotopic (exact) mass is 410 g/mol. The molecule has 2 aromatic carbocycles. The van der Waals surface area contributed by atoms with E-state index in [9.17, 15) is 4.79 Å². The van der Waals surface area contributed by atoms with E-state index in [0.29, 0.717) is 19.7 Å². The topological polar surface area (TPSA) is 69.0 Å². The van der Waals surface area contributed by atoms with Gasteiger partial charge in [-0.05, 0) is 37.5 Å². The Kier molecular flexibility index (Phi) is 7.30. The van der Waals surface area contributed by atoms with Crippen molar-refractivity contribution in [1.29, 1.82) is 0 Å². The van der Waals surface area contributed by atoms with Crippen molar-refractivity contribution in [3.8, 4) is 5.75 Å². The maximum Gasteiger partial charge on any atom is 0.230 e. The van der Waals surface area contributed by atoms with Crippen LogP contribution in [0, 0.1) is 20.8 Å². The summed E-state index contributed by atoms with van der Waals surface area (Å²) in [7, 11) is 0. The van der Waals surface area contributed by atoms with Crippen molar-refractivity contribution < 1.29 is 9.53 Å². The summed E-state index contributed by atoms with van der Waals surface area (Å²) < 4.78 is 7.85. The third kappa shape index (κ3) is 5.84. The molecule has 1 N–H and O–H groups in total. The van der Waals surface area contributed by atoms with E-state index in [4.69, 9.17) is 4.74 Å². The van der Waals surface area contributed by atoms with E-state index in [1.54, 1.807) is 0 Å². The van der Waals surface area contributed by atoms with Gasteiger partial charge in [-0.15, -0.1) is 10.2 Å². The molecular weight excluding hydrogens is 384 g/mol. The van der Waals surface area contributed by atoms with Gasteiger partial charge in [-0.25, -0.2) is 0 Å². The highest BCUT2D eigenvalue weighted by molar-refractivity contribution is 7.99. The van der Waals surface area contributed by atoms with Gasteiger partial charge in [-0.2, -0.15) is 0 Å². The number of amides is 1. The number of nitrogens with one attached hydrogen (secondary N) is 1. The number of aryl methyl sites for hydroxylation is 3. The van der Waals surface area contributed by atoms with Crippen LogP contribution in [0.1, 0.15) is 22.5 Å². The average molecular weight is 411 g/mol. The maximum atomic E-state index is 12.2. The number of benzene rings is 2. The van der Waals surface area contributed by atoms with Crippen LogP contribution < -0.4 is 10.1 Å². The Morgan fingerprint density at radius 1 is 1.03 bits per heavy atom. The molecule has 3 aromatic rings. The number of thioether (sulfide) groups is 1. The first-order valence-electron chi connectivity index (χ1n) is 9.57. The second-order valence-electron chi connectivity index (χ2n) is 6.81. The SMILES string of the molecule is Cc1cccc(C)c1OCCNC(=O)CSc1nnc(C)n1Cc1ccccc1. The fourth-order valence-electron chi connectivity index (χ4n) is 2.97. The number of hydrogen-bond acceptors (Lipinski definition) is 5. The predicted octanol–water partition coefficient (Wildman–Crippen LogP) is 3.54. The molecule has 0 saturated heterocycles. The molecule has 7 heteroatoms. The first-order valence-corrected chi connectivity index (χ1v) is 10.6. The van der Waals surface area contributed by atoms with Gasteiger partial charge in [0.25, 0.3) is 0 Å². The summed E-state index contributed by atoms with van der Waals surface area (Å²) >= 11 is 1.39. The third-order valence-electron chi connectivity index (χ3n) is 4.50. The lowest BCUT2D eigenvalue weighted by Crippen LogP contribution is -2.29. The summed E-state index contributed by atoms with van der Waals surface area (Å²) in [5.74, 6) is 1.96. The van der Waals surface area contributed by atoms with Gasteiger partial charge in [0.15, 0.2) is 5.16 Å². The number of hydrogen-bond donors (Lipinski definition) is 1. The van der Waals surface area contributed by atoms with Crippen molar-refractivity contribution in [2.45, 2.75) is 32.5 Å². The summed E-state index contributed by atoms with van der Waals surface area (Å²) in [6.07, 6.45) is 0. The quantitative estimate of drug-likeness (QED) is 0.432. The lowest BCUT2D eigenvalue weighted by atomic mass is 10.1. The minimum absolute atomic E-state index is 0.0491. The van der Waals surface area contributed by atoms with Crippen LogP contribution >= 0.6 is 11.8 Å². The van der Waals surface area contributed by atoms with Gasteiger partial charge < -0.3 is 14.6 Å². The summed E-state index contributed by atoms with van der Waals surface area (Å²) in [4.78, 5) is 12.2. The zero-order chi connectivity index (χ0) is 20.6. The molecule has 1 aromatic heterocycles. The molecule has 0 aliphatic carbocycles. The molecule has 0 fully saturated rings. The molecule has 0 saturated carbocycles. The summed E-state index contributed by atoms with van der Waals surface area (Å²) in [6, 6.07) is 16.2. The molecule has 0 radical (unpaired) electrons. The molecule has 1 heterocycles. The largest absolute Gasteiger partial charge is 0.491 e. The van der Waals surface area contributed by atoms with Crippen molar-refractivity contribution in [3.63, 3.8) is 0 Å². The van der Waals surface area contributed by atoms with E-state index >= 15 is 0 Å². The van der Waals surface area contributed by atoms with Crippen molar-refractivity contribution in [3.05, 3.63) is 71.0 Å². The van der Waals surface area contributed by atoms with Crippen molar-refractivity contribution in [2.24, 2.45) is 0 Å². The number of rotatable bonds is 9. The van der Waals surface area contributed by atoms with Crippen LogP contribution in [-0.4, -0.2) is 39.6 Å². The second-order valence-corrected chi connectivity index (χ2v) is 7.75. The lowest BCUT2D eigenvalue weighted by molar-refractivity contribution is -0.118. The Bertz CT molecular complexity index is 936. The molecule has 0 aliphatic rings. The highest BCUT2D eigenvalue weighted by Crippen LogP contribution is 2.22. The van der Waals surface area contributed by atoms with E-state index in [1.807, 2.05) is 61.7 Å². The highest BCUT2D eigenvalue weighted by atomic mass is 32.2. The van der Waals surface area contributed by atoms with Crippen LogP contribution in [0.5, 0.6) is 5.75 Å². The molecule has 0 unspecified atom stereocenters. The van der Waals surface area contributed by atoms with Crippen LogP contribution in [0.25, 0.3) is 0 Å². The van der Waals surface area contributed by atoms with E-state index in [2.05, 4.69) is 27.6 Å². The Balaban J connectivity index is 1.45. The van der Waals surface area contributed by atoms with Gasteiger partial charge in [-0.3, -0.25) is 4.79 Å². The third-order valence-corrected chi connectivity index (χ3v) is 5.46. The Morgan fingerprint density at radius 3 is 2.48 bits per heavy atom. The van der Waals surface area contributed by atoms with E-state index in [0.717, 1.165) is 27.9 Å². The molecule has 0 aliphatic heterocycles.